The van der Waals surface area contributed by atoms with E-state index in [0.29, 0.717) is 12.0 Å². The number of epoxide rings is 2. The van der Waals surface area contributed by atoms with Crippen LogP contribution in [0.4, 0.5) is 0 Å². The fourth-order valence-electron chi connectivity index (χ4n) is 7.87. The molecule has 0 aromatic carbocycles. The fraction of sp³-hybridized carbons (Fsp3) is 0.730. The van der Waals surface area contributed by atoms with Crippen molar-refractivity contribution < 1.29 is 28.5 Å². The zero-order chi connectivity index (χ0) is 31.4. The molecule has 4 aliphatic heterocycles. The molecule has 0 aromatic heterocycles. The average molecular weight is 621 g/mol. The Hall–Kier alpha value is -2.58. The highest BCUT2D eigenvalue weighted by Gasteiger charge is 2.62. The summed E-state index contributed by atoms with van der Waals surface area (Å²) in [5.74, 6) is -0.0468. The minimum absolute atomic E-state index is 0.00119. The van der Waals surface area contributed by atoms with E-state index in [9.17, 15) is 9.59 Å². The standard InChI is InChI=1S/C37H52N2O6/c1-25-29-17-15-27(13-11-19-37(3)34(45-37)32(29)43-35(25)41)24-39-21-9-7-5-4-6-8-20-38-23-26-12-10-18-36(2)33(44-36)31-28(16-14-26)22-30(40)42-31/h12-13,23-24,28-29,31-34H,1,4-11,14-22H2,2-3H3/b26-12+,27-13+,38-23?,39-24?/t28-,29-,31-,32-,33-,34-,36+,37+/m0/s1. The third-order valence-corrected chi connectivity index (χ3v) is 11.0. The first-order chi connectivity index (χ1) is 21.8. The molecule has 2 aliphatic carbocycles. The van der Waals surface area contributed by atoms with Crippen LogP contribution in [-0.4, -0.2) is 73.1 Å². The van der Waals surface area contributed by atoms with Crippen LogP contribution < -0.4 is 0 Å². The lowest BCUT2D eigenvalue weighted by molar-refractivity contribution is -0.142. The molecule has 246 valence electrons. The zero-order valence-corrected chi connectivity index (χ0v) is 27.3. The van der Waals surface area contributed by atoms with E-state index in [1.807, 2.05) is 6.21 Å². The van der Waals surface area contributed by atoms with E-state index in [0.717, 1.165) is 77.3 Å². The van der Waals surface area contributed by atoms with Crippen molar-refractivity contribution in [3.63, 3.8) is 0 Å². The minimum atomic E-state index is -0.261. The van der Waals surface area contributed by atoms with E-state index in [2.05, 4.69) is 38.8 Å². The van der Waals surface area contributed by atoms with Gasteiger partial charge in [0.1, 0.15) is 24.4 Å². The quantitative estimate of drug-likeness (QED) is 0.0827. The van der Waals surface area contributed by atoms with Crippen molar-refractivity contribution in [2.24, 2.45) is 21.8 Å². The second-order valence-corrected chi connectivity index (χ2v) is 14.5. The highest BCUT2D eigenvalue weighted by Crippen LogP contribution is 2.50. The summed E-state index contributed by atoms with van der Waals surface area (Å²) in [5.41, 5.74) is 2.78. The summed E-state index contributed by atoms with van der Waals surface area (Å²) in [5, 5.41) is 0. The second kappa shape index (κ2) is 14.0. The Bertz CT molecular complexity index is 1250. The van der Waals surface area contributed by atoms with Gasteiger partial charge in [-0.3, -0.25) is 14.8 Å². The first kappa shape index (κ1) is 32.4. The lowest BCUT2D eigenvalue weighted by Gasteiger charge is -2.19. The Morgan fingerprint density at radius 1 is 0.800 bits per heavy atom. The summed E-state index contributed by atoms with van der Waals surface area (Å²) in [7, 11) is 0. The fourth-order valence-corrected chi connectivity index (χ4v) is 7.87. The number of rotatable bonds is 11. The second-order valence-electron chi connectivity index (χ2n) is 14.5. The largest absolute Gasteiger partial charge is 0.459 e. The molecule has 45 heavy (non-hydrogen) atoms. The van der Waals surface area contributed by atoms with Crippen LogP contribution in [0.1, 0.15) is 110 Å². The third kappa shape index (κ3) is 7.87. The molecule has 0 saturated carbocycles. The van der Waals surface area contributed by atoms with Crippen LogP contribution in [0.2, 0.25) is 0 Å². The van der Waals surface area contributed by atoms with Crippen LogP contribution in [0.5, 0.6) is 0 Å². The van der Waals surface area contributed by atoms with Crippen molar-refractivity contribution in [1.82, 2.24) is 0 Å². The molecule has 4 saturated heterocycles. The summed E-state index contributed by atoms with van der Waals surface area (Å²) in [4.78, 5) is 33.6. The summed E-state index contributed by atoms with van der Waals surface area (Å²) in [6, 6.07) is 0. The molecular formula is C37H52N2O6. The molecule has 8 atom stereocenters. The molecule has 8 heteroatoms. The number of ether oxygens (including phenoxy) is 4. The molecule has 0 aromatic rings. The van der Waals surface area contributed by atoms with Gasteiger partial charge in [-0.05, 0) is 89.2 Å². The zero-order valence-electron chi connectivity index (χ0n) is 27.3. The Morgan fingerprint density at radius 3 is 1.98 bits per heavy atom. The molecule has 0 unspecified atom stereocenters. The number of nitrogens with zero attached hydrogens (tertiary/aromatic N) is 2. The maximum atomic E-state index is 12.2. The van der Waals surface area contributed by atoms with E-state index in [4.69, 9.17) is 28.9 Å². The van der Waals surface area contributed by atoms with Crippen molar-refractivity contribution in [2.75, 3.05) is 13.1 Å². The number of hydrogen-bond donors (Lipinski definition) is 0. The van der Waals surface area contributed by atoms with Gasteiger partial charge >= 0.3 is 11.9 Å². The van der Waals surface area contributed by atoms with Crippen LogP contribution in [0.25, 0.3) is 0 Å². The van der Waals surface area contributed by atoms with Crippen LogP contribution in [0.15, 0.2) is 45.4 Å². The van der Waals surface area contributed by atoms with Crippen LogP contribution in [0, 0.1) is 11.8 Å². The summed E-state index contributed by atoms with van der Waals surface area (Å²) >= 11 is 0. The van der Waals surface area contributed by atoms with E-state index < -0.39 is 0 Å². The topological polar surface area (TPSA) is 102 Å². The Labute approximate surface area is 268 Å². The van der Waals surface area contributed by atoms with Crippen molar-refractivity contribution in [2.45, 2.75) is 146 Å². The highest BCUT2D eigenvalue weighted by molar-refractivity contribution is 5.91. The first-order valence-corrected chi connectivity index (χ1v) is 17.6. The molecule has 8 nitrogen and oxygen atoms in total. The van der Waals surface area contributed by atoms with Gasteiger partial charge in [0.15, 0.2) is 0 Å². The molecule has 4 fully saturated rings. The van der Waals surface area contributed by atoms with Crippen LogP contribution >= 0.6 is 0 Å². The number of aliphatic imine (C=N–C) groups is 2. The van der Waals surface area contributed by atoms with Gasteiger partial charge in [-0.15, -0.1) is 0 Å². The molecule has 0 bridgehead atoms. The van der Waals surface area contributed by atoms with Gasteiger partial charge in [-0.25, -0.2) is 4.79 Å². The number of carbonyl (C=O) groups is 2. The maximum absolute atomic E-state index is 12.2. The van der Waals surface area contributed by atoms with Gasteiger partial charge in [0.05, 0.1) is 17.6 Å². The predicted octanol–water partition coefficient (Wildman–Crippen LogP) is 6.81. The molecule has 6 rings (SSSR count). The number of unbranched alkanes of at least 4 members (excludes halogenated alkanes) is 5. The van der Waals surface area contributed by atoms with E-state index in [-0.39, 0.29) is 59.4 Å². The molecule has 0 N–H and O–H groups in total. The molecule has 0 amide bonds. The predicted molar refractivity (Wildman–Crippen MR) is 175 cm³/mol. The number of carbonyl (C=O) groups excluding carboxylic acids is 2. The van der Waals surface area contributed by atoms with Crippen LogP contribution in [-0.2, 0) is 28.5 Å². The van der Waals surface area contributed by atoms with Crippen molar-refractivity contribution in [3.8, 4) is 0 Å². The van der Waals surface area contributed by atoms with Crippen molar-refractivity contribution >= 4 is 24.4 Å². The van der Waals surface area contributed by atoms with Gasteiger partial charge in [-0.1, -0.05) is 44.4 Å². The Morgan fingerprint density at radius 2 is 1.36 bits per heavy atom. The Balaban J connectivity index is 0.840. The molecule has 6 aliphatic rings. The van der Waals surface area contributed by atoms with E-state index in [1.165, 1.54) is 36.8 Å². The first-order valence-electron chi connectivity index (χ1n) is 17.6. The van der Waals surface area contributed by atoms with Gasteiger partial charge < -0.3 is 18.9 Å². The average Bonchev–Trinajstić information content (AvgIpc) is 3.79. The molecule has 4 heterocycles. The lowest BCUT2D eigenvalue weighted by atomic mass is 9.84. The number of allylic oxidation sites excluding steroid dienone is 4. The van der Waals surface area contributed by atoms with Gasteiger partial charge in [0.25, 0.3) is 0 Å². The van der Waals surface area contributed by atoms with Gasteiger partial charge in [-0.2, -0.15) is 0 Å². The summed E-state index contributed by atoms with van der Waals surface area (Å²) in [6.07, 6.45) is 23.6. The van der Waals surface area contributed by atoms with Crippen molar-refractivity contribution in [3.05, 3.63) is 35.5 Å². The molecular weight excluding hydrogens is 568 g/mol. The van der Waals surface area contributed by atoms with Crippen LogP contribution in [0.3, 0.4) is 0 Å². The normalized spacial score (nSPS) is 40.4. The lowest BCUT2D eigenvalue weighted by Crippen LogP contribution is -2.28. The van der Waals surface area contributed by atoms with Gasteiger partial charge in [0.2, 0.25) is 0 Å². The van der Waals surface area contributed by atoms with Crippen molar-refractivity contribution in [1.29, 1.82) is 0 Å². The van der Waals surface area contributed by atoms with E-state index >= 15 is 0 Å². The number of fused-ring (bicyclic) bond motifs is 6. The third-order valence-electron chi connectivity index (χ3n) is 11.0. The number of esters is 2. The summed E-state index contributed by atoms with van der Waals surface area (Å²) in [6.45, 7) is 10.0. The highest BCUT2D eigenvalue weighted by atomic mass is 16.7. The SMILES string of the molecule is C=C1C(=O)O[C@H]2[C@H]1CC/C(C=NCCCCCCCCN=C/C1=C/CC[C@@]3(C)O[C@H]3[C@H]3OC(=O)C[C@@H]3CC1)=C\CC[C@@]1(C)O[C@@H]21. The smallest absolute Gasteiger partial charge is 0.334 e. The minimum Gasteiger partial charge on any atom is -0.459 e. The molecule has 0 spiro atoms. The number of hydrogen-bond acceptors (Lipinski definition) is 8. The van der Waals surface area contributed by atoms with E-state index in [1.54, 1.807) is 0 Å². The monoisotopic (exact) mass is 620 g/mol. The summed E-state index contributed by atoms with van der Waals surface area (Å²) < 4.78 is 23.3. The maximum Gasteiger partial charge on any atom is 0.334 e. The van der Waals surface area contributed by atoms with Gasteiger partial charge in [0, 0.05) is 42.9 Å². The molecule has 0 radical (unpaired) electrons. The Kier molecular flexibility index (Phi) is 10.1.